The lowest BCUT2D eigenvalue weighted by atomic mass is 10.4. The fraction of sp³-hybridized carbons (Fsp3) is 0.143. The van der Waals surface area contributed by atoms with Crippen LogP contribution in [0.4, 0.5) is 0 Å². The molecule has 4 nitrogen and oxygen atoms in total. The molecule has 0 aliphatic carbocycles. The molecule has 1 rings (SSSR count). The van der Waals surface area contributed by atoms with E-state index in [1.165, 1.54) is 19.2 Å². The first-order valence-electron chi connectivity index (χ1n) is 3.46. The van der Waals surface area contributed by atoms with Gasteiger partial charge in [0.25, 0.3) is 9.05 Å². The predicted molar refractivity (Wildman–Crippen MR) is 53.4 cm³/mol. The molecule has 14 heavy (non-hydrogen) atoms. The zero-order valence-electron chi connectivity index (χ0n) is 7.14. The highest BCUT2D eigenvalue weighted by Gasteiger charge is 2.10. The maximum absolute atomic E-state index is 10.9. The zero-order chi connectivity index (χ0) is 10.6. The molecule has 0 heterocycles. The Kier molecular flexibility index (Phi) is 4.21. The van der Waals surface area contributed by atoms with E-state index in [0.29, 0.717) is 4.90 Å². The number of hydrogen-bond acceptors (Lipinski definition) is 5. The highest BCUT2D eigenvalue weighted by molar-refractivity contribution is 8.13. The van der Waals surface area contributed by atoms with Crippen molar-refractivity contribution in [2.24, 2.45) is 0 Å². The van der Waals surface area contributed by atoms with Crippen molar-refractivity contribution in [3.8, 4) is 0 Å². The van der Waals surface area contributed by atoms with Gasteiger partial charge in [-0.05, 0) is 18.2 Å². The van der Waals surface area contributed by atoms with Gasteiger partial charge in [0.2, 0.25) is 0 Å². The van der Waals surface area contributed by atoms with Crippen molar-refractivity contribution in [1.29, 1.82) is 0 Å². The SMILES string of the molecule is COOSc1cccc(S(=O)(=O)Cl)c1. The second kappa shape index (κ2) is 4.99. The third-order valence-corrected chi connectivity index (χ3v) is 3.29. The summed E-state index contributed by atoms with van der Waals surface area (Å²) in [4.78, 5) is 4.97. The number of halogens is 1. The fourth-order valence-corrected chi connectivity index (χ4v) is 2.08. The average Bonchev–Trinajstić information content (AvgIpc) is 2.14. The molecule has 0 aliphatic rings. The molecule has 0 saturated heterocycles. The van der Waals surface area contributed by atoms with Crippen LogP contribution in [0, 0.1) is 0 Å². The van der Waals surface area contributed by atoms with E-state index < -0.39 is 9.05 Å². The molecule has 0 fully saturated rings. The quantitative estimate of drug-likeness (QED) is 0.357. The van der Waals surface area contributed by atoms with E-state index in [1.807, 2.05) is 0 Å². The molecular formula is C7H7ClO4S2. The average molecular weight is 255 g/mol. The van der Waals surface area contributed by atoms with E-state index in [1.54, 1.807) is 12.1 Å². The molecule has 0 aromatic heterocycles. The molecule has 0 amide bonds. The smallest absolute Gasteiger partial charge is 0.227 e. The van der Waals surface area contributed by atoms with Gasteiger partial charge in [0.05, 0.1) is 24.0 Å². The van der Waals surface area contributed by atoms with Crippen LogP contribution in [0.2, 0.25) is 0 Å². The van der Waals surface area contributed by atoms with E-state index in [0.717, 1.165) is 12.0 Å². The van der Waals surface area contributed by atoms with Gasteiger partial charge in [-0.25, -0.2) is 13.3 Å². The first kappa shape index (κ1) is 11.8. The van der Waals surface area contributed by atoms with Crippen LogP contribution in [0.5, 0.6) is 0 Å². The van der Waals surface area contributed by atoms with Crippen molar-refractivity contribution in [2.45, 2.75) is 9.79 Å². The summed E-state index contributed by atoms with van der Waals surface area (Å²) in [5.74, 6) is 0. The Morgan fingerprint density at radius 3 is 2.71 bits per heavy atom. The minimum Gasteiger partial charge on any atom is -0.227 e. The topological polar surface area (TPSA) is 52.6 Å². The number of rotatable bonds is 4. The van der Waals surface area contributed by atoms with Crippen molar-refractivity contribution in [3.63, 3.8) is 0 Å². The van der Waals surface area contributed by atoms with Crippen molar-refractivity contribution >= 4 is 31.8 Å². The molecule has 0 spiro atoms. The third-order valence-electron chi connectivity index (χ3n) is 1.29. The van der Waals surface area contributed by atoms with Gasteiger partial charge in [0.1, 0.15) is 0 Å². The van der Waals surface area contributed by atoms with Crippen LogP contribution >= 0.6 is 22.7 Å². The summed E-state index contributed by atoms with van der Waals surface area (Å²) in [7, 11) is 2.82. The van der Waals surface area contributed by atoms with Crippen LogP contribution in [0.15, 0.2) is 34.1 Å². The molecule has 1 aromatic rings. The van der Waals surface area contributed by atoms with E-state index in [9.17, 15) is 8.42 Å². The van der Waals surface area contributed by atoms with Crippen LogP contribution in [0.3, 0.4) is 0 Å². The van der Waals surface area contributed by atoms with Crippen molar-refractivity contribution in [1.82, 2.24) is 0 Å². The largest absolute Gasteiger partial charge is 0.261 e. The van der Waals surface area contributed by atoms with Crippen LogP contribution in [0.25, 0.3) is 0 Å². The van der Waals surface area contributed by atoms with Crippen molar-refractivity contribution < 1.29 is 17.6 Å². The highest BCUT2D eigenvalue weighted by Crippen LogP contribution is 2.23. The van der Waals surface area contributed by atoms with Crippen LogP contribution in [-0.2, 0) is 18.3 Å². The molecule has 1 aromatic carbocycles. The van der Waals surface area contributed by atoms with Gasteiger partial charge in [0.15, 0.2) is 0 Å². The molecule has 0 bridgehead atoms. The normalized spacial score (nSPS) is 11.6. The third kappa shape index (κ3) is 3.47. The van der Waals surface area contributed by atoms with Crippen LogP contribution in [0.1, 0.15) is 0 Å². The summed E-state index contributed by atoms with van der Waals surface area (Å²) in [5, 5.41) is 0. The van der Waals surface area contributed by atoms with Gasteiger partial charge in [-0.1, -0.05) is 6.07 Å². The Labute approximate surface area is 90.7 Å². The summed E-state index contributed by atoms with van der Waals surface area (Å²) < 4.78 is 26.5. The zero-order valence-corrected chi connectivity index (χ0v) is 9.53. The number of benzene rings is 1. The van der Waals surface area contributed by atoms with Crippen LogP contribution < -0.4 is 0 Å². The Morgan fingerprint density at radius 1 is 1.43 bits per heavy atom. The van der Waals surface area contributed by atoms with Crippen molar-refractivity contribution in [3.05, 3.63) is 24.3 Å². The molecule has 0 unspecified atom stereocenters. The Bertz CT molecular complexity index is 404. The second-order valence-electron chi connectivity index (χ2n) is 2.23. The summed E-state index contributed by atoms with van der Waals surface area (Å²) in [5.41, 5.74) is 0. The Morgan fingerprint density at radius 2 is 2.14 bits per heavy atom. The summed E-state index contributed by atoms with van der Waals surface area (Å²) in [6.45, 7) is 0. The van der Waals surface area contributed by atoms with Gasteiger partial charge in [-0.15, -0.1) is 0 Å². The monoisotopic (exact) mass is 254 g/mol. The van der Waals surface area contributed by atoms with Crippen LogP contribution in [-0.4, -0.2) is 15.5 Å². The van der Waals surface area contributed by atoms with Gasteiger partial charge < -0.3 is 0 Å². The lowest BCUT2D eigenvalue weighted by Gasteiger charge is -2.00. The molecule has 0 saturated carbocycles. The first-order valence-corrected chi connectivity index (χ1v) is 6.51. The van der Waals surface area contributed by atoms with E-state index in [2.05, 4.69) is 9.22 Å². The lowest BCUT2D eigenvalue weighted by Crippen LogP contribution is -1.90. The van der Waals surface area contributed by atoms with E-state index in [-0.39, 0.29) is 4.90 Å². The highest BCUT2D eigenvalue weighted by atomic mass is 35.7. The van der Waals surface area contributed by atoms with Gasteiger partial charge >= 0.3 is 0 Å². The molecule has 0 N–H and O–H groups in total. The summed E-state index contributed by atoms with van der Waals surface area (Å²) >= 11 is 0.905. The van der Waals surface area contributed by atoms with E-state index >= 15 is 0 Å². The standard InChI is InChI=1S/C7H7ClO4S2/c1-11-12-13-6-3-2-4-7(5-6)14(8,9)10/h2-5H,1H3. The lowest BCUT2D eigenvalue weighted by molar-refractivity contribution is -0.160. The second-order valence-corrected chi connectivity index (χ2v) is 5.57. The molecule has 7 heteroatoms. The molecule has 78 valence electrons. The minimum absolute atomic E-state index is 0.0314. The van der Waals surface area contributed by atoms with Gasteiger partial charge in [-0.2, -0.15) is 4.33 Å². The summed E-state index contributed by atoms with van der Waals surface area (Å²) in [6.07, 6.45) is 0. The molecule has 0 atom stereocenters. The molecule has 0 radical (unpaired) electrons. The predicted octanol–water partition coefficient (Wildman–Crippen LogP) is 2.20. The van der Waals surface area contributed by atoms with E-state index in [4.69, 9.17) is 10.7 Å². The maximum atomic E-state index is 10.9. The maximum Gasteiger partial charge on any atom is 0.261 e. The molecule has 0 aliphatic heterocycles. The van der Waals surface area contributed by atoms with Gasteiger partial charge in [0, 0.05) is 15.6 Å². The summed E-state index contributed by atoms with van der Waals surface area (Å²) in [6, 6.07) is 6.04. The first-order chi connectivity index (χ1) is 6.54. The number of hydrogen-bond donors (Lipinski definition) is 0. The molecular weight excluding hydrogens is 248 g/mol. The minimum atomic E-state index is -3.69. The van der Waals surface area contributed by atoms with Crippen molar-refractivity contribution in [2.75, 3.05) is 7.11 Å². The Balaban J connectivity index is 2.90. The fourth-order valence-electron chi connectivity index (χ4n) is 0.751. The Hall–Kier alpha value is -0.270. The van der Waals surface area contributed by atoms with Gasteiger partial charge in [-0.3, -0.25) is 0 Å².